The van der Waals surface area contributed by atoms with E-state index in [0.29, 0.717) is 28.9 Å². The van der Waals surface area contributed by atoms with E-state index in [-0.39, 0.29) is 6.61 Å². The van der Waals surface area contributed by atoms with Crippen molar-refractivity contribution in [2.45, 2.75) is 38.4 Å². The zero-order chi connectivity index (χ0) is 14.1. The minimum absolute atomic E-state index is 0.127. The SMILES string of the molecule is C[C@H](O)c1cc(F)ccc1OCc1noc(C2CC2)n1. The summed E-state index contributed by atoms with van der Waals surface area (Å²) in [5, 5.41) is 13.5. The van der Waals surface area contributed by atoms with Gasteiger partial charge in [0.2, 0.25) is 11.7 Å². The number of aromatic nitrogens is 2. The summed E-state index contributed by atoms with van der Waals surface area (Å²) in [6.07, 6.45) is 1.37. The maximum atomic E-state index is 13.2. The van der Waals surface area contributed by atoms with Crippen LogP contribution in [0.25, 0.3) is 0 Å². The molecule has 20 heavy (non-hydrogen) atoms. The summed E-state index contributed by atoms with van der Waals surface area (Å²) in [6.45, 7) is 1.68. The first-order chi connectivity index (χ1) is 9.63. The highest BCUT2D eigenvalue weighted by molar-refractivity contribution is 5.35. The number of aliphatic hydroxyl groups excluding tert-OH is 1. The van der Waals surface area contributed by atoms with Crippen LogP contribution in [0.15, 0.2) is 22.7 Å². The zero-order valence-electron chi connectivity index (χ0n) is 11.0. The fourth-order valence-electron chi connectivity index (χ4n) is 1.94. The number of hydrogen-bond donors (Lipinski definition) is 1. The molecule has 0 spiro atoms. The molecule has 2 aromatic rings. The fourth-order valence-corrected chi connectivity index (χ4v) is 1.94. The molecule has 1 saturated carbocycles. The van der Waals surface area contributed by atoms with E-state index < -0.39 is 11.9 Å². The Bertz CT molecular complexity index is 608. The molecule has 1 aromatic heterocycles. The normalized spacial score (nSPS) is 16.1. The maximum absolute atomic E-state index is 13.2. The summed E-state index contributed by atoms with van der Waals surface area (Å²) in [7, 11) is 0. The number of nitrogens with zero attached hydrogens (tertiary/aromatic N) is 2. The molecule has 5 nitrogen and oxygen atoms in total. The monoisotopic (exact) mass is 278 g/mol. The van der Waals surface area contributed by atoms with Crippen LogP contribution in [-0.4, -0.2) is 15.2 Å². The molecule has 1 aliphatic carbocycles. The average molecular weight is 278 g/mol. The molecule has 1 aromatic carbocycles. The first kappa shape index (κ1) is 13.1. The molecular weight excluding hydrogens is 263 g/mol. The van der Waals surface area contributed by atoms with Gasteiger partial charge in [-0.1, -0.05) is 5.16 Å². The average Bonchev–Trinajstić information content (AvgIpc) is 3.17. The fraction of sp³-hybridized carbons (Fsp3) is 0.429. The molecule has 1 heterocycles. The summed E-state index contributed by atoms with van der Waals surface area (Å²) in [5.74, 6) is 1.50. The summed E-state index contributed by atoms with van der Waals surface area (Å²) >= 11 is 0. The van der Waals surface area contributed by atoms with Crippen LogP contribution in [0.2, 0.25) is 0 Å². The van der Waals surface area contributed by atoms with Crippen LogP contribution in [0, 0.1) is 5.82 Å². The van der Waals surface area contributed by atoms with Crippen LogP contribution in [0.4, 0.5) is 4.39 Å². The smallest absolute Gasteiger partial charge is 0.229 e. The molecule has 106 valence electrons. The molecule has 0 amide bonds. The van der Waals surface area contributed by atoms with E-state index in [1.54, 1.807) is 6.92 Å². The largest absolute Gasteiger partial charge is 0.485 e. The van der Waals surface area contributed by atoms with Gasteiger partial charge < -0.3 is 14.4 Å². The molecule has 6 heteroatoms. The lowest BCUT2D eigenvalue weighted by atomic mass is 10.1. The van der Waals surface area contributed by atoms with Crippen molar-refractivity contribution >= 4 is 0 Å². The highest BCUT2D eigenvalue weighted by Crippen LogP contribution is 2.38. The number of hydrogen-bond acceptors (Lipinski definition) is 5. The number of ether oxygens (including phenoxy) is 1. The van der Waals surface area contributed by atoms with E-state index in [9.17, 15) is 9.50 Å². The van der Waals surface area contributed by atoms with Gasteiger partial charge in [-0.3, -0.25) is 0 Å². The lowest BCUT2D eigenvalue weighted by Gasteiger charge is -2.12. The quantitative estimate of drug-likeness (QED) is 0.910. The van der Waals surface area contributed by atoms with Crippen molar-refractivity contribution in [2.24, 2.45) is 0 Å². The third-order valence-electron chi connectivity index (χ3n) is 3.19. The van der Waals surface area contributed by atoms with Gasteiger partial charge in [-0.15, -0.1) is 0 Å². The summed E-state index contributed by atoms with van der Waals surface area (Å²) in [6, 6.07) is 4.03. The third-order valence-corrected chi connectivity index (χ3v) is 3.19. The molecule has 3 rings (SSSR count). The summed E-state index contributed by atoms with van der Waals surface area (Å²) in [5.41, 5.74) is 0.399. The molecule has 1 fully saturated rings. The minimum Gasteiger partial charge on any atom is -0.485 e. The number of aliphatic hydroxyl groups is 1. The first-order valence-electron chi connectivity index (χ1n) is 6.56. The topological polar surface area (TPSA) is 68.4 Å². The standard InChI is InChI=1S/C14H15FN2O3/c1-8(18)11-6-10(15)4-5-12(11)19-7-13-16-14(20-17-13)9-2-3-9/h4-6,8-9,18H,2-3,7H2,1H3/t8-/m0/s1. The summed E-state index contributed by atoms with van der Waals surface area (Å²) in [4.78, 5) is 4.24. The van der Waals surface area contributed by atoms with E-state index in [4.69, 9.17) is 9.26 Å². The van der Waals surface area contributed by atoms with Crippen molar-refractivity contribution in [1.29, 1.82) is 0 Å². The van der Waals surface area contributed by atoms with Gasteiger partial charge in [0.05, 0.1) is 6.10 Å². The highest BCUT2D eigenvalue weighted by atomic mass is 19.1. The second-order valence-corrected chi connectivity index (χ2v) is 4.97. The van der Waals surface area contributed by atoms with E-state index in [1.807, 2.05) is 0 Å². The molecule has 1 atom stereocenters. The van der Waals surface area contributed by atoms with Crippen LogP contribution in [0.3, 0.4) is 0 Å². The lowest BCUT2D eigenvalue weighted by molar-refractivity contribution is 0.188. The Labute approximate surface area is 115 Å². The Balaban J connectivity index is 1.70. The zero-order valence-corrected chi connectivity index (χ0v) is 11.0. The van der Waals surface area contributed by atoms with Crippen LogP contribution in [-0.2, 0) is 6.61 Å². The van der Waals surface area contributed by atoms with Gasteiger partial charge in [0.1, 0.15) is 11.6 Å². The molecule has 0 radical (unpaired) electrons. The minimum atomic E-state index is -0.812. The second kappa shape index (κ2) is 5.20. The highest BCUT2D eigenvalue weighted by Gasteiger charge is 2.29. The third kappa shape index (κ3) is 2.80. The predicted octanol–water partition coefficient (Wildman–Crippen LogP) is 2.72. The number of benzene rings is 1. The molecule has 0 saturated heterocycles. The van der Waals surface area contributed by atoms with Crippen LogP contribution in [0.1, 0.15) is 49.1 Å². The van der Waals surface area contributed by atoms with E-state index in [1.165, 1.54) is 18.2 Å². The van der Waals surface area contributed by atoms with Crippen molar-refractivity contribution in [3.63, 3.8) is 0 Å². The Morgan fingerprint density at radius 3 is 3.00 bits per heavy atom. The molecule has 1 N–H and O–H groups in total. The van der Waals surface area contributed by atoms with Gasteiger partial charge in [0.15, 0.2) is 6.61 Å². The molecule has 0 aliphatic heterocycles. The molecule has 1 aliphatic rings. The van der Waals surface area contributed by atoms with Crippen molar-refractivity contribution in [1.82, 2.24) is 10.1 Å². The van der Waals surface area contributed by atoms with Crippen molar-refractivity contribution in [3.05, 3.63) is 41.3 Å². The Morgan fingerprint density at radius 1 is 1.50 bits per heavy atom. The van der Waals surface area contributed by atoms with Crippen molar-refractivity contribution < 1.29 is 18.8 Å². The second-order valence-electron chi connectivity index (χ2n) is 4.97. The van der Waals surface area contributed by atoms with Crippen LogP contribution in [0.5, 0.6) is 5.75 Å². The molecule has 0 bridgehead atoms. The number of rotatable bonds is 5. The van der Waals surface area contributed by atoms with Crippen LogP contribution >= 0.6 is 0 Å². The lowest BCUT2D eigenvalue weighted by Crippen LogP contribution is -2.03. The van der Waals surface area contributed by atoms with Gasteiger partial charge in [-0.25, -0.2) is 4.39 Å². The van der Waals surface area contributed by atoms with E-state index >= 15 is 0 Å². The van der Waals surface area contributed by atoms with Crippen molar-refractivity contribution in [2.75, 3.05) is 0 Å². The first-order valence-corrected chi connectivity index (χ1v) is 6.56. The Morgan fingerprint density at radius 2 is 2.30 bits per heavy atom. The van der Waals surface area contributed by atoms with Crippen molar-refractivity contribution in [3.8, 4) is 5.75 Å². The predicted molar refractivity (Wildman–Crippen MR) is 67.6 cm³/mol. The molecular formula is C14H15FN2O3. The Kier molecular flexibility index (Phi) is 3.40. The van der Waals surface area contributed by atoms with E-state index in [0.717, 1.165) is 12.8 Å². The molecule has 0 unspecified atom stereocenters. The van der Waals surface area contributed by atoms with Gasteiger partial charge in [-0.2, -0.15) is 4.98 Å². The summed E-state index contributed by atoms with van der Waals surface area (Å²) < 4.78 is 23.8. The van der Waals surface area contributed by atoms with Gasteiger partial charge in [0.25, 0.3) is 0 Å². The van der Waals surface area contributed by atoms with Gasteiger partial charge in [-0.05, 0) is 38.0 Å². The Hall–Kier alpha value is -1.95. The van der Waals surface area contributed by atoms with Gasteiger partial charge in [0, 0.05) is 11.5 Å². The van der Waals surface area contributed by atoms with E-state index in [2.05, 4.69) is 10.1 Å². The van der Waals surface area contributed by atoms with Gasteiger partial charge >= 0.3 is 0 Å². The maximum Gasteiger partial charge on any atom is 0.229 e. The number of halogens is 1. The van der Waals surface area contributed by atoms with Crippen LogP contribution < -0.4 is 4.74 Å².